The lowest BCUT2D eigenvalue weighted by atomic mass is 9.96. The minimum Gasteiger partial charge on any atom is -0.310 e. The number of rotatable bonds is 7. The maximum Gasteiger partial charge on any atom is 0.0323 e. The quantitative estimate of drug-likeness (QED) is 0.705. The van der Waals surface area contributed by atoms with Crippen LogP contribution in [-0.4, -0.2) is 6.54 Å². The SMILES string of the molecule is C=C(C)CCC(NCCC)c1ccc2c(c1)CCC2. The molecule has 0 bridgehead atoms. The maximum atomic E-state index is 4.03. The minimum absolute atomic E-state index is 0.488. The van der Waals surface area contributed by atoms with Crippen molar-refractivity contribution in [3.05, 3.63) is 47.0 Å². The summed E-state index contributed by atoms with van der Waals surface area (Å²) in [5, 5.41) is 3.69. The van der Waals surface area contributed by atoms with E-state index >= 15 is 0 Å². The smallest absolute Gasteiger partial charge is 0.0323 e. The summed E-state index contributed by atoms with van der Waals surface area (Å²) < 4.78 is 0. The molecule has 1 atom stereocenters. The van der Waals surface area contributed by atoms with Gasteiger partial charge in [-0.25, -0.2) is 0 Å². The summed E-state index contributed by atoms with van der Waals surface area (Å²) in [4.78, 5) is 0. The molecule has 0 saturated heterocycles. The van der Waals surface area contributed by atoms with E-state index in [9.17, 15) is 0 Å². The highest BCUT2D eigenvalue weighted by atomic mass is 14.9. The molecule has 1 unspecified atom stereocenters. The summed E-state index contributed by atoms with van der Waals surface area (Å²) in [6.07, 6.45) is 7.33. The maximum absolute atomic E-state index is 4.03. The summed E-state index contributed by atoms with van der Waals surface area (Å²) >= 11 is 0. The highest BCUT2D eigenvalue weighted by molar-refractivity contribution is 5.36. The van der Waals surface area contributed by atoms with Crippen molar-refractivity contribution in [1.29, 1.82) is 0 Å². The summed E-state index contributed by atoms with van der Waals surface area (Å²) in [5.74, 6) is 0. The Labute approximate surface area is 118 Å². The first kappa shape index (κ1) is 14.3. The van der Waals surface area contributed by atoms with Crippen molar-refractivity contribution in [2.45, 2.75) is 58.4 Å². The summed E-state index contributed by atoms with van der Waals surface area (Å²) in [6, 6.07) is 7.60. The lowest BCUT2D eigenvalue weighted by Crippen LogP contribution is -2.22. The number of allylic oxidation sites excluding steroid dienone is 1. The van der Waals surface area contributed by atoms with E-state index in [2.05, 4.69) is 43.9 Å². The Hall–Kier alpha value is -1.08. The van der Waals surface area contributed by atoms with Crippen LogP contribution in [0.3, 0.4) is 0 Å². The van der Waals surface area contributed by atoms with Crippen LogP contribution in [0.5, 0.6) is 0 Å². The Morgan fingerprint density at radius 3 is 2.84 bits per heavy atom. The van der Waals surface area contributed by atoms with Crippen molar-refractivity contribution in [3.63, 3.8) is 0 Å². The molecule has 1 aliphatic carbocycles. The highest BCUT2D eigenvalue weighted by Gasteiger charge is 2.15. The molecule has 0 heterocycles. The van der Waals surface area contributed by atoms with Gasteiger partial charge in [-0.05, 0) is 68.7 Å². The number of nitrogens with one attached hydrogen (secondary N) is 1. The standard InChI is InChI=1S/C18H27N/c1-4-12-19-18(11-8-14(2)3)17-10-9-15-6-5-7-16(15)13-17/h9-10,13,18-19H,2,4-8,11-12H2,1,3H3. The first-order valence-corrected chi connectivity index (χ1v) is 7.70. The minimum atomic E-state index is 0.488. The molecule has 1 heteroatoms. The van der Waals surface area contributed by atoms with Crippen LogP contribution in [0.25, 0.3) is 0 Å². The number of benzene rings is 1. The molecule has 19 heavy (non-hydrogen) atoms. The van der Waals surface area contributed by atoms with Gasteiger partial charge in [-0.3, -0.25) is 0 Å². The fourth-order valence-corrected chi connectivity index (χ4v) is 2.90. The molecule has 0 amide bonds. The molecule has 1 aromatic carbocycles. The Morgan fingerprint density at radius 1 is 1.32 bits per heavy atom. The lowest BCUT2D eigenvalue weighted by Gasteiger charge is -2.20. The molecule has 2 rings (SSSR count). The molecule has 1 N–H and O–H groups in total. The zero-order chi connectivity index (χ0) is 13.7. The second-order valence-corrected chi connectivity index (χ2v) is 5.88. The van der Waals surface area contributed by atoms with Crippen molar-refractivity contribution in [2.24, 2.45) is 0 Å². The first-order valence-electron chi connectivity index (χ1n) is 7.70. The van der Waals surface area contributed by atoms with Gasteiger partial charge in [-0.1, -0.05) is 30.7 Å². The van der Waals surface area contributed by atoms with Crippen LogP contribution in [0.2, 0.25) is 0 Å². The largest absolute Gasteiger partial charge is 0.310 e. The Bertz CT molecular complexity index is 433. The molecule has 0 radical (unpaired) electrons. The van der Waals surface area contributed by atoms with Gasteiger partial charge < -0.3 is 5.32 Å². The van der Waals surface area contributed by atoms with Crippen LogP contribution in [-0.2, 0) is 12.8 Å². The fourth-order valence-electron chi connectivity index (χ4n) is 2.90. The number of fused-ring (bicyclic) bond motifs is 1. The molecular formula is C18H27N. The van der Waals surface area contributed by atoms with Crippen molar-refractivity contribution in [2.75, 3.05) is 6.54 Å². The second kappa shape index (κ2) is 6.91. The number of hydrogen-bond acceptors (Lipinski definition) is 1. The Kier molecular flexibility index (Phi) is 5.21. The van der Waals surface area contributed by atoms with E-state index in [1.165, 1.54) is 36.8 Å². The predicted molar refractivity (Wildman–Crippen MR) is 83.5 cm³/mol. The van der Waals surface area contributed by atoms with Gasteiger partial charge in [0.1, 0.15) is 0 Å². The number of aryl methyl sites for hydroxylation is 2. The summed E-state index contributed by atoms with van der Waals surface area (Å²) in [6.45, 7) is 9.48. The van der Waals surface area contributed by atoms with Gasteiger partial charge in [0.15, 0.2) is 0 Å². The highest BCUT2D eigenvalue weighted by Crippen LogP contribution is 2.27. The van der Waals surface area contributed by atoms with Crippen molar-refractivity contribution >= 4 is 0 Å². The normalized spacial score (nSPS) is 15.3. The van der Waals surface area contributed by atoms with Gasteiger partial charge in [0.05, 0.1) is 0 Å². The summed E-state index contributed by atoms with van der Waals surface area (Å²) in [5.41, 5.74) is 5.90. The molecule has 0 saturated carbocycles. The summed E-state index contributed by atoms with van der Waals surface area (Å²) in [7, 11) is 0. The Morgan fingerprint density at radius 2 is 2.11 bits per heavy atom. The molecule has 0 spiro atoms. The van der Waals surface area contributed by atoms with E-state index in [-0.39, 0.29) is 0 Å². The fraction of sp³-hybridized carbons (Fsp3) is 0.556. The zero-order valence-electron chi connectivity index (χ0n) is 12.5. The van der Waals surface area contributed by atoms with E-state index in [0.29, 0.717) is 6.04 Å². The monoisotopic (exact) mass is 257 g/mol. The van der Waals surface area contributed by atoms with Gasteiger partial charge >= 0.3 is 0 Å². The topological polar surface area (TPSA) is 12.0 Å². The van der Waals surface area contributed by atoms with Gasteiger partial charge in [0.25, 0.3) is 0 Å². The van der Waals surface area contributed by atoms with E-state index in [0.717, 1.165) is 19.4 Å². The molecule has 1 aliphatic rings. The molecule has 1 nitrogen and oxygen atoms in total. The van der Waals surface area contributed by atoms with Crippen molar-refractivity contribution in [3.8, 4) is 0 Å². The van der Waals surface area contributed by atoms with Gasteiger partial charge in [0, 0.05) is 6.04 Å². The Balaban J connectivity index is 2.09. The first-order chi connectivity index (χ1) is 9.20. The van der Waals surface area contributed by atoms with Crippen molar-refractivity contribution < 1.29 is 0 Å². The van der Waals surface area contributed by atoms with Gasteiger partial charge in [-0.2, -0.15) is 0 Å². The molecule has 104 valence electrons. The van der Waals surface area contributed by atoms with Crippen LogP contribution in [0.1, 0.15) is 62.3 Å². The van der Waals surface area contributed by atoms with Gasteiger partial charge in [-0.15, -0.1) is 6.58 Å². The van der Waals surface area contributed by atoms with E-state index in [4.69, 9.17) is 0 Å². The third-order valence-corrected chi connectivity index (χ3v) is 4.03. The third kappa shape index (κ3) is 3.94. The molecule has 0 fully saturated rings. The van der Waals surface area contributed by atoms with E-state index in [1.54, 1.807) is 11.1 Å². The molecular weight excluding hydrogens is 230 g/mol. The van der Waals surface area contributed by atoms with E-state index < -0.39 is 0 Å². The average molecular weight is 257 g/mol. The third-order valence-electron chi connectivity index (χ3n) is 4.03. The molecule has 0 aromatic heterocycles. The predicted octanol–water partition coefficient (Wildman–Crippen LogP) is 4.57. The van der Waals surface area contributed by atoms with Crippen LogP contribution in [0, 0.1) is 0 Å². The lowest BCUT2D eigenvalue weighted by molar-refractivity contribution is 0.498. The molecule has 0 aliphatic heterocycles. The molecule has 1 aromatic rings. The van der Waals surface area contributed by atoms with E-state index in [1.807, 2.05) is 0 Å². The van der Waals surface area contributed by atoms with Crippen LogP contribution in [0.4, 0.5) is 0 Å². The zero-order valence-corrected chi connectivity index (χ0v) is 12.5. The van der Waals surface area contributed by atoms with Crippen LogP contribution >= 0.6 is 0 Å². The second-order valence-electron chi connectivity index (χ2n) is 5.88. The van der Waals surface area contributed by atoms with Crippen molar-refractivity contribution in [1.82, 2.24) is 5.32 Å². The van der Waals surface area contributed by atoms with Crippen LogP contribution < -0.4 is 5.32 Å². The van der Waals surface area contributed by atoms with Crippen LogP contribution in [0.15, 0.2) is 30.4 Å². The average Bonchev–Trinajstić information content (AvgIpc) is 2.85. The van der Waals surface area contributed by atoms with Gasteiger partial charge in [0.2, 0.25) is 0 Å². The number of hydrogen-bond donors (Lipinski definition) is 1.